The first-order valence-electron chi connectivity index (χ1n) is 10.5. The zero-order valence-electron chi connectivity index (χ0n) is 17.4. The molecule has 1 unspecified atom stereocenters. The number of para-hydroxylation sites is 1. The molecular weight excluding hydrogens is 470 g/mol. The van der Waals surface area contributed by atoms with E-state index in [0.29, 0.717) is 34.6 Å². The van der Waals surface area contributed by atoms with E-state index in [1.165, 1.54) is 0 Å². The number of nitrogens with zero attached hydrogens (tertiary/aromatic N) is 1. The van der Waals surface area contributed by atoms with Crippen molar-refractivity contribution in [1.82, 2.24) is 0 Å². The van der Waals surface area contributed by atoms with Gasteiger partial charge in [-0.2, -0.15) is 0 Å². The van der Waals surface area contributed by atoms with Crippen molar-refractivity contribution >= 4 is 38.5 Å². The monoisotopic (exact) mass is 489 g/mol. The normalized spacial score (nSPS) is 15.2. The van der Waals surface area contributed by atoms with Gasteiger partial charge in [-0.3, -0.25) is 14.5 Å². The molecule has 0 saturated carbocycles. The first-order chi connectivity index (χ1) is 15.6. The van der Waals surface area contributed by atoms with Gasteiger partial charge in [-0.25, -0.2) is 0 Å². The average Bonchev–Trinajstić information content (AvgIpc) is 3.10. The molecule has 5 rings (SSSR count). The molecular formula is C26H20BrNO4. The average molecular weight is 490 g/mol. The zero-order valence-corrected chi connectivity index (χ0v) is 19.0. The van der Waals surface area contributed by atoms with Crippen molar-refractivity contribution in [3.05, 3.63) is 104 Å². The topological polar surface area (TPSA) is 59.8 Å². The Bertz CT molecular complexity index is 1390. The standard InChI is InChI=1S/C26H20BrNO4/c1-2-13-31-19-10-5-7-16(14-19)23-22-24(29)20-11-3-4-12-21(20)32-25(22)26(30)28(23)18-9-6-8-17(27)15-18/h3-12,14-15,23H,2,13H2,1H3. The van der Waals surface area contributed by atoms with Crippen LogP contribution in [0, 0.1) is 0 Å². The first kappa shape index (κ1) is 20.5. The highest BCUT2D eigenvalue weighted by Gasteiger charge is 2.43. The molecule has 160 valence electrons. The molecule has 1 atom stereocenters. The zero-order chi connectivity index (χ0) is 22.2. The largest absolute Gasteiger partial charge is 0.494 e. The maximum atomic E-state index is 13.6. The molecule has 0 bridgehead atoms. The number of ether oxygens (including phenoxy) is 1. The molecule has 1 amide bonds. The van der Waals surface area contributed by atoms with Crippen molar-refractivity contribution in [2.75, 3.05) is 11.5 Å². The Balaban J connectivity index is 1.76. The predicted molar refractivity (Wildman–Crippen MR) is 128 cm³/mol. The lowest BCUT2D eigenvalue weighted by atomic mass is 9.98. The quantitative estimate of drug-likeness (QED) is 0.340. The Morgan fingerprint density at radius 3 is 2.62 bits per heavy atom. The molecule has 1 aromatic heterocycles. The van der Waals surface area contributed by atoms with Gasteiger partial charge in [0.15, 0.2) is 5.43 Å². The smallest absolute Gasteiger partial charge is 0.295 e. The number of rotatable bonds is 5. The van der Waals surface area contributed by atoms with E-state index >= 15 is 0 Å². The van der Waals surface area contributed by atoms with Crippen LogP contribution in [0.1, 0.15) is 41.1 Å². The fourth-order valence-electron chi connectivity index (χ4n) is 4.12. The number of amides is 1. The molecule has 4 aromatic rings. The highest BCUT2D eigenvalue weighted by molar-refractivity contribution is 9.10. The number of hydrogen-bond acceptors (Lipinski definition) is 4. The molecule has 0 radical (unpaired) electrons. The van der Waals surface area contributed by atoms with Crippen LogP contribution in [0.25, 0.3) is 11.0 Å². The summed E-state index contributed by atoms with van der Waals surface area (Å²) in [5, 5.41) is 0.457. The first-order valence-corrected chi connectivity index (χ1v) is 11.3. The Morgan fingerprint density at radius 2 is 1.81 bits per heavy atom. The van der Waals surface area contributed by atoms with Crippen LogP contribution in [0.3, 0.4) is 0 Å². The van der Waals surface area contributed by atoms with Gasteiger partial charge in [0, 0.05) is 10.2 Å². The molecule has 2 heterocycles. The summed E-state index contributed by atoms with van der Waals surface area (Å²) in [6.45, 7) is 2.63. The van der Waals surface area contributed by atoms with E-state index in [1.54, 1.807) is 29.2 Å². The number of benzene rings is 3. The molecule has 0 N–H and O–H groups in total. The second-order valence-electron chi connectivity index (χ2n) is 7.65. The summed E-state index contributed by atoms with van der Waals surface area (Å²) in [7, 11) is 0. The van der Waals surface area contributed by atoms with E-state index in [0.717, 1.165) is 16.5 Å². The predicted octanol–water partition coefficient (Wildman–Crippen LogP) is 6.09. The van der Waals surface area contributed by atoms with E-state index in [9.17, 15) is 9.59 Å². The van der Waals surface area contributed by atoms with Crippen LogP contribution >= 0.6 is 15.9 Å². The highest BCUT2D eigenvalue weighted by Crippen LogP contribution is 2.42. The van der Waals surface area contributed by atoms with Crippen LogP contribution in [0.2, 0.25) is 0 Å². The van der Waals surface area contributed by atoms with E-state index in [4.69, 9.17) is 9.15 Å². The van der Waals surface area contributed by atoms with Crippen LogP contribution < -0.4 is 15.1 Å². The van der Waals surface area contributed by atoms with Gasteiger partial charge in [0.1, 0.15) is 11.3 Å². The van der Waals surface area contributed by atoms with E-state index in [2.05, 4.69) is 15.9 Å². The van der Waals surface area contributed by atoms with Crippen LogP contribution in [0.15, 0.2) is 86.5 Å². The fourth-order valence-corrected chi connectivity index (χ4v) is 4.51. The number of hydrogen-bond donors (Lipinski definition) is 0. The van der Waals surface area contributed by atoms with Crippen molar-refractivity contribution in [1.29, 1.82) is 0 Å². The molecule has 3 aromatic carbocycles. The summed E-state index contributed by atoms with van der Waals surface area (Å²) in [4.78, 5) is 28.8. The van der Waals surface area contributed by atoms with Crippen LogP contribution in [-0.2, 0) is 0 Å². The van der Waals surface area contributed by atoms with Gasteiger partial charge < -0.3 is 9.15 Å². The minimum atomic E-state index is -0.627. The molecule has 5 nitrogen and oxygen atoms in total. The molecule has 0 fully saturated rings. The Hall–Kier alpha value is -3.38. The van der Waals surface area contributed by atoms with E-state index < -0.39 is 6.04 Å². The summed E-state index contributed by atoms with van der Waals surface area (Å²) >= 11 is 3.49. The second kappa shape index (κ2) is 8.28. The van der Waals surface area contributed by atoms with Gasteiger partial charge >= 0.3 is 0 Å². The SMILES string of the molecule is CCCOc1cccc(C2c3c(oc4ccccc4c3=O)C(=O)N2c2cccc(Br)c2)c1. The number of halogens is 1. The van der Waals surface area contributed by atoms with Crippen LogP contribution in [0.4, 0.5) is 5.69 Å². The Labute approximate surface area is 193 Å². The maximum Gasteiger partial charge on any atom is 0.295 e. The highest BCUT2D eigenvalue weighted by atomic mass is 79.9. The minimum Gasteiger partial charge on any atom is -0.494 e. The summed E-state index contributed by atoms with van der Waals surface area (Å²) in [6, 6.07) is 21.4. The number of fused-ring (bicyclic) bond motifs is 2. The fraction of sp³-hybridized carbons (Fsp3) is 0.154. The van der Waals surface area contributed by atoms with Crippen LogP contribution in [-0.4, -0.2) is 12.5 Å². The van der Waals surface area contributed by atoms with Crippen molar-refractivity contribution in [2.45, 2.75) is 19.4 Å². The maximum absolute atomic E-state index is 13.6. The van der Waals surface area contributed by atoms with Crippen molar-refractivity contribution in [2.24, 2.45) is 0 Å². The summed E-state index contributed by atoms with van der Waals surface area (Å²) in [5.41, 5.74) is 2.01. The van der Waals surface area contributed by atoms with Gasteiger partial charge in [0.05, 0.1) is 23.6 Å². The van der Waals surface area contributed by atoms with Gasteiger partial charge in [-0.05, 0) is 54.4 Å². The van der Waals surface area contributed by atoms with Crippen molar-refractivity contribution in [3.63, 3.8) is 0 Å². The second-order valence-corrected chi connectivity index (χ2v) is 8.56. The lowest BCUT2D eigenvalue weighted by Gasteiger charge is -2.25. The molecule has 32 heavy (non-hydrogen) atoms. The third-order valence-corrected chi connectivity index (χ3v) is 6.00. The summed E-state index contributed by atoms with van der Waals surface area (Å²) < 4.78 is 12.6. The van der Waals surface area contributed by atoms with E-state index in [1.807, 2.05) is 55.5 Å². The van der Waals surface area contributed by atoms with Gasteiger partial charge in [-0.15, -0.1) is 0 Å². The third kappa shape index (κ3) is 3.41. The number of anilines is 1. The number of carbonyl (C=O) groups is 1. The molecule has 6 heteroatoms. The Kier molecular flexibility index (Phi) is 5.31. The molecule has 1 aliphatic heterocycles. The van der Waals surface area contributed by atoms with Gasteiger partial charge in [-0.1, -0.05) is 53.2 Å². The lowest BCUT2D eigenvalue weighted by Crippen LogP contribution is -2.29. The molecule has 0 aliphatic carbocycles. The number of carbonyl (C=O) groups excluding carboxylic acids is 1. The minimum absolute atomic E-state index is 0.0820. The van der Waals surface area contributed by atoms with E-state index in [-0.39, 0.29) is 17.1 Å². The Morgan fingerprint density at radius 1 is 1.00 bits per heavy atom. The molecule has 0 saturated heterocycles. The van der Waals surface area contributed by atoms with Crippen molar-refractivity contribution < 1.29 is 13.9 Å². The summed E-state index contributed by atoms with van der Waals surface area (Å²) in [6.07, 6.45) is 0.884. The van der Waals surface area contributed by atoms with Gasteiger partial charge in [0.2, 0.25) is 5.76 Å². The molecule has 1 aliphatic rings. The van der Waals surface area contributed by atoms with Gasteiger partial charge in [0.25, 0.3) is 5.91 Å². The third-order valence-electron chi connectivity index (χ3n) is 5.51. The molecule has 0 spiro atoms. The summed E-state index contributed by atoms with van der Waals surface area (Å²) in [5.74, 6) is 0.439. The van der Waals surface area contributed by atoms with Crippen molar-refractivity contribution in [3.8, 4) is 5.75 Å². The lowest BCUT2D eigenvalue weighted by molar-refractivity contribution is 0.0971. The van der Waals surface area contributed by atoms with Crippen LogP contribution in [0.5, 0.6) is 5.75 Å².